The predicted molar refractivity (Wildman–Crippen MR) is 112 cm³/mol. The smallest absolute Gasteiger partial charge is 0.242 e. The number of benzene rings is 1. The summed E-state index contributed by atoms with van der Waals surface area (Å²) in [5.41, 5.74) is 0. The SMILES string of the molecule is CC1CC(C)CN(CC(C)NC(=O)CCCN(C)S(=O)(=O)c2ccc(F)cc2)C1. The minimum absolute atomic E-state index is 0.0458. The van der Waals surface area contributed by atoms with E-state index in [1.54, 1.807) is 0 Å². The summed E-state index contributed by atoms with van der Waals surface area (Å²) in [5, 5.41) is 3.02. The Labute approximate surface area is 174 Å². The van der Waals surface area contributed by atoms with Crippen LogP contribution in [0.2, 0.25) is 0 Å². The number of amides is 1. The van der Waals surface area contributed by atoms with Crippen molar-refractivity contribution in [2.75, 3.05) is 33.2 Å². The quantitative estimate of drug-likeness (QED) is 0.658. The molecule has 1 saturated heterocycles. The molecule has 1 aromatic rings. The van der Waals surface area contributed by atoms with Crippen LogP contribution >= 0.6 is 0 Å². The Hall–Kier alpha value is -1.51. The lowest BCUT2D eigenvalue weighted by molar-refractivity contribution is -0.122. The zero-order valence-electron chi connectivity index (χ0n) is 17.9. The zero-order valence-corrected chi connectivity index (χ0v) is 18.7. The van der Waals surface area contributed by atoms with E-state index in [0.717, 1.165) is 31.8 Å². The standard InChI is InChI=1S/C21H34FN3O3S/c1-16-12-17(2)14-25(13-16)15-18(3)23-21(26)6-5-11-24(4)29(27,28)20-9-7-19(22)8-10-20/h7-10,16-18H,5-6,11-15H2,1-4H3,(H,23,26). The van der Waals surface area contributed by atoms with E-state index in [4.69, 9.17) is 0 Å². The third-order valence-electron chi connectivity index (χ3n) is 5.28. The first-order valence-corrected chi connectivity index (χ1v) is 11.8. The highest BCUT2D eigenvalue weighted by Crippen LogP contribution is 2.21. The Kier molecular flexibility index (Phi) is 8.60. The topological polar surface area (TPSA) is 69.7 Å². The molecule has 0 saturated carbocycles. The lowest BCUT2D eigenvalue weighted by atomic mass is 9.92. The molecular weight excluding hydrogens is 393 g/mol. The average molecular weight is 428 g/mol. The van der Waals surface area contributed by atoms with Gasteiger partial charge in [-0.3, -0.25) is 4.79 Å². The fraction of sp³-hybridized carbons (Fsp3) is 0.667. The van der Waals surface area contributed by atoms with Crippen molar-refractivity contribution in [2.45, 2.75) is 51.0 Å². The zero-order chi connectivity index (χ0) is 21.6. The van der Waals surface area contributed by atoms with Crippen LogP contribution in [0.4, 0.5) is 4.39 Å². The van der Waals surface area contributed by atoms with Gasteiger partial charge >= 0.3 is 0 Å². The van der Waals surface area contributed by atoms with Crippen LogP contribution in [0.15, 0.2) is 29.2 Å². The number of likely N-dealkylation sites (tertiary alicyclic amines) is 1. The number of hydrogen-bond donors (Lipinski definition) is 1. The summed E-state index contributed by atoms with van der Waals surface area (Å²) in [6.45, 7) is 9.73. The van der Waals surface area contributed by atoms with Crippen molar-refractivity contribution in [3.8, 4) is 0 Å². The van der Waals surface area contributed by atoms with Crippen LogP contribution in [0, 0.1) is 17.7 Å². The number of hydrogen-bond acceptors (Lipinski definition) is 4. The summed E-state index contributed by atoms with van der Waals surface area (Å²) in [6, 6.07) is 4.80. The number of nitrogens with one attached hydrogen (secondary N) is 1. The normalized spacial score (nSPS) is 21.9. The summed E-state index contributed by atoms with van der Waals surface area (Å²) in [5.74, 6) is 0.814. The molecule has 0 aliphatic carbocycles. The molecule has 1 amide bonds. The molecule has 1 aromatic carbocycles. The molecule has 0 bridgehead atoms. The number of carbonyl (C=O) groups excluding carboxylic acids is 1. The number of rotatable bonds is 9. The van der Waals surface area contributed by atoms with Crippen LogP contribution in [-0.4, -0.2) is 62.8 Å². The van der Waals surface area contributed by atoms with Crippen LogP contribution < -0.4 is 5.32 Å². The third-order valence-corrected chi connectivity index (χ3v) is 7.15. The van der Waals surface area contributed by atoms with E-state index in [1.807, 2.05) is 6.92 Å². The first kappa shape index (κ1) is 23.8. The van der Waals surface area contributed by atoms with E-state index in [1.165, 1.54) is 29.9 Å². The third kappa shape index (κ3) is 7.35. The second-order valence-corrected chi connectivity index (χ2v) is 10.6. The molecule has 1 fully saturated rings. The second kappa shape index (κ2) is 10.5. The number of piperidine rings is 1. The van der Waals surface area contributed by atoms with Crippen molar-refractivity contribution >= 4 is 15.9 Å². The highest BCUT2D eigenvalue weighted by Gasteiger charge is 2.24. The number of sulfonamides is 1. The minimum Gasteiger partial charge on any atom is -0.352 e. The molecular formula is C21H34FN3O3S. The fourth-order valence-corrected chi connectivity index (χ4v) is 5.30. The van der Waals surface area contributed by atoms with Crippen molar-refractivity contribution in [2.24, 2.45) is 11.8 Å². The molecule has 8 heteroatoms. The molecule has 6 nitrogen and oxygen atoms in total. The van der Waals surface area contributed by atoms with Gasteiger partial charge in [-0.1, -0.05) is 13.8 Å². The first-order chi connectivity index (χ1) is 13.6. The van der Waals surface area contributed by atoms with Crippen molar-refractivity contribution in [3.05, 3.63) is 30.1 Å². The van der Waals surface area contributed by atoms with E-state index in [9.17, 15) is 17.6 Å². The van der Waals surface area contributed by atoms with Gasteiger partial charge in [-0.25, -0.2) is 17.1 Å². The maximum atomic E-state index is 13.0. The van der Waals surface area contributed by atoms with E-state index in [-0.39, 0.29) is 29.8 Å². The molecule has 3 atom stereocenters. The molecule has 0 radical (unpaired) electrons. The summed E-state index contributed by atoms with van der Waals surface area (Å²) in [4.78, 5) is 14.7. The van der Waals surface area contributed by atoms with Crippen LogP contribution in [0.25, 0.3) is 0 Å². The molecule has 1 aliphatic rings. The average Bonchev–Trinajstić information content (AvgIpc) is 2.60. The Morgan fingerprint density at radius 3 is 2.41 bits per heavy atom. The van der Waals surface area contributed by atoms with Crippen molar-refractivity contribution in [3.63, 3.8) is 0 Å². The lowest BCUT2D eigenvalue weighted by Crippen LogP contribution is -2.47. The summed E-state index contributed by atoms with van der Waals surface area (Å²) in [7, 11) is -2.21. The Bertz CT molecular complexity index is 760. The van der Waals surface area contributed by atoms with Gasteiger partial charge in [-0.05, 0) is 55.9 Å². The molecule has 0 aromatic heterocycles. The highest BCUT2D eigenvalue weighted by molar-refractivity contribution is 7.89. The summed E-state index contributed by atoms with van der Waals surface area (Å²) < 4.78 is 39.1. The molecule has 2 rings (SSSR count). The van der Waals surface area contributed by atoms with Crippen molar-refractivity contribution in [1.82, 2.24) is 14.5 Å². The van der Waals surface area contributed by atoms with Crippen LogP contribution in [-0.2, 0) is 14.8 Å². The summed E-state index contributed by atoms with van der Waals surface area (Å²) >= 11 is 0. The number of carbonyl (C=O) groups is 1. The number of halogens is 1. The highest BCUT2D eigenvalue weighted by atomic mass is 32.2. The molecule has 1 aliphatic heterocycles. The Morgan fingerprint density at radius 1 is 1.24 bits per heavy atom. The molecule has 0 spiro atoms. The van der Waals surface area contributed by atoms with Crippen molar-refractivity contribution in [1.29, 1.82) is 0 Å². The maximum Gasteiger partial charge on any atom is 0.242 e. The van der Waals surface area contributed by atoms with Gasteiger partial charge in [0.2, 0.25) is 15.9 Å². The Balaban J connectivity index is 1.73. The Morgan fingerprint density at radius 2 is 1.83 bits per heavy atom. The maximum absolute atomic E-state index is 13.0. The molecule has 1 N–H and O–H groups in total. The van der Waals surface area contributed by atoms with Gasteiger partial charge in [0.1, 0.15) is 5.82 Å². The van der Waals surface area contributed by atoms with Gasteiger partial charge in [-0.2, -0.15) is 0 Å². The predicted octanol–water partition coefficient (Wildman–Crippen LogP) is 2.71. The first-order valence-electron chi connectivity index (χ1n) is 10.3. The molecule has 164 valence electrons. The van der Waals surface area contributed by atoms with Gasteiger partial charge in [-0.15, -0.1) is 0 Å². The largest absolute Gasteiger partial charge is 0.352 e. The van der Waals surface area contributed by atoms with E-state index in [0.29, 0.717) is 18.3 Å². The minimum atomic E-state index is -3.68. The van der Waals surface area contributed by atoms with Gasteiger partial charge in [0, 0.05) is 45.7 Å². The van der Waals surface area contributed by atoms with E-state index >= 15 is 0 Å². The van der Waals surface area contributed by atoms with Gasteiger partial charge in [0.15, 0.2) is 0 Å². The van der Waals surface area contributed by atoms with Crippen LogP contribution in [0.1, 0.15) is 40.0 Å². The van der Waals surface area contributed by atoms with Gasteiger partial charge < -0.3 is 10.2 Å². The van der Waals surface area contributed by atoms with E-state index in [2.05, 4.69) is 24.1 Å². The number of nitrogens with zero attached hydrogens (tertiary/aromatic N) is 2. The van der Waals surface area contributed by atoms with E-state index < -0.39 is 15.8 Å². The molecule has 3 unspecified atom stereocenters. The molecule has 1 heterocycles. The van der Waals surface area contributed by atoms with Crippen LogP contribution in [0.3, 0.4) is 0 Å². The van der Waals surface area contributed by atoms with Gasteiger partial charge in [0.25, 0.3) is 0 Å². The second-order valence-electron chi connectivity index (χ2n) is 8.52. The molecule has 29 heavy (non-hydrogen) atoms. The summed E-state index contributed by atoms with van der Waals surface area (Å²) in [6.07, 6.45) is 1.94. The van der Waals surface area contributed by atoms with Crippen LogP contribution in [0.5, 0.6) is 0 Å². The van der Waals surface area contributed by atoms with Gasteiger partial charge in [0.05, 0.1) is 4.90 Å². The monoisotopic (exact) mass is 427 g/mol. The van der Waals surface area contributed by atoms with Crippen molar-refractivity contribution < 1.29 is 17.6 Å². The lowest BCUT2D eigenvalue weighted by Gasteiger charge is -2.36. The fourth-order valence-electron chi connectivity index (χ4n) is 4.09.